The molecule has 0 aliphatic rings. The minimum Gasteiger partial charge on any atom is -0.495 e. The van der Waals surface area contributed by atoms with Crippen LogP contribution in [0.2, 0.25) is 5.02 Å². The van der Waals surface area contributed by atoms with Crippen molar-refractivity contribution >= 4 is 34.6 Å². The number of ether oxygens (including phenoxy) is 3. The minimum absolute atomic E-state index is 0.439. The van der Waals surface area contributed by atoms with Gasteiger partial charge in [-0.2, -0.15) is 0 Å². The third-order valence-electron chi connectivity index (χ3n) is 3.12. The SMILES string of the molecule is COc1ccc(Cl)cc1NC(=S)NCCOc1ccccc1OC. The van der Waals surface area contributed by atoms with Crippen molar-refractivity contribution in [3.63, 3.8) is 0 Å². The van der Waals surface area contributed by atoms with Gasteiger partial charge in [-0.1, -0.05) is 23.7 Å². The average Bonchev–Trinajstić information content (AvgIpc) is 2.59. The largest absolute Gasteiger partial charge is 0.495 e. The van der Waals surface area contributed by atoms with E-state index in [0.717, 1.165) is 0 Å². The fourth-order valence-electron chi connectivity index (χ4n) is 2.01. The van der Waals surface area contributed by atoms with Gasteiger partial charge in [0.1, 0.15) is 12.4 Å². The van der Waals surface area contributed by atoms with Crippen LogP contribution in [0.5, 0.6) is 17.2 Å². The van der Waals surface area contributed by atoms with Crippen LogP contribution in [0.4, 0.5) is 5.69 Å². The highest BCUT2D eigenvalue weighted by molar-refractivity contribution is 7.80. The van der Waals surface area contributed by atoms with Crippen LogP contribution in [0.3, 0.4) is 0 Å². The fraction of sp³-hybridized carbons (Fsp3) is 0.235. The molecule has 0 bridgehead atoms. The summed E-state index contributed by atoms with van der Waals surface area (Å²) < 4.78 is 16.2. The molecule has 2 rings (SSSR count). The van der Waals surface area contributed by atoms with E-state index in [1.165, 1.54) is 0 Å². The summed E-state index contributed by atoms with van der Waals surface area (Å²) in [5.74, 6) is 2.05. The Morgan fingerprint density at radius 3 is 2.46 bits per heavy atom. The normalized spacial score (nSPS) is 9.96. The molecule has 0 radical (unpaired) electrons. The van der Waals surface area contributed by atoms with Crippen LogP contribution in [0.25, 0.3) is 0 Å². The second-order valence-electron chi connectivity index (χ2n) is 4.72. The van der Waals surface area contributed by atoms with Gasteiger partial charge in [-0.25, -0.2) is 0 Å². The molecule has 0 saturated heterocycles. The molecule has 2 N–H and O–H groups in total. The molecule has 0 saturated carbocycles. The third-order valence-corrected chi connectivity index (χ3v) is 3.61. The first kappa shape index (κ1) is 18.2. The number of hydrogen-bond donors (Lipinski definition) is 2. The maximum atomic E-state index is 5.99. The summed E-state index contributed by atoms with van der Waals surface area (Å²) in [6, 6.07) is 12.8. The number of para-hydroxylation sites is 2. The quantitative estimate of drug-likeness (QED) is 0.575. The van der Waals surface area contributed by atoms with Gasteiger partial charge in [0.05, 0.1) is 26.5 Å². The number of halogens is 1. The highest BCUT2D eigenvalue weighted by atomic mass is 35.5. The van der Waals surface area contributed by atoms with Crippen molar-refractivity contribution in [1.82, 2.24) is 5.32 Å². The van der Waals surface area contributed by atoms with E-state index in [9.17, 15) is 0 Å². The molecule has 24 heavy (non-hydrogen) atoms. The summed E-state index contributed by atoms with van der Waals surface area (Å²) in [5.41, 5.74) is 0.702. The first-order chi connectivity index (χ1) is 11.6. The van der Waals surface area contributed by atoms with Gasteiger partial charge in [0.15, 0.2) is 16.6 Å². The standard InChI is InChI=1S/C17H19ClN2O3S/c1-21-14-8-7-12(18)11-13(14)20-17(24)19-9-10-23-16-6-4-3-5-15(16)22-2/h3-8,11H,9-10H2,1-2H3,(H2,19,20,24). The third kappa shape index (κ3) is 5.18. The molecule has 0 aliphatic heterocycles. The van der Waals surface area contributed by atoms with Gasteiger partial charge < -0.3 is 24.8 Å². The Balaban J connectivity index is 1.81. The van der Waals surface area contributed by atoms with Crippen molar-refractivity contribution in [2.75, 3.05) is 32.7 Å². The van der Waals surface area contributed by atoms with Crippen LogP contribution >= 0.6 is 23.8 Å². The second kappa shape index (κ2) is 9.20. The van der Waals surface area contributed by atoms with E-state index in [4.69, 9.17) is 38.0 Å². The number of methoxy groups -OCH3 is 2. The van der Waals surface area contributed by atoms with E-state index in [0.29, 0.717) is 46.2 Å². The van der Waals surface area contributed by atoms with Crippen LogP contribution in [0.1, 0.15) is 0 Å². The molecule has 0 heterocycles. The molecular formula is C17H19ClN2O3S. The van der Waals surface area contributed by atoms with Crippen molar-refractivity contribution in [1.29, 1.82) is 0 Å². The topological polar surface area (TPSA) is 51.8 Å². The lowest BCUT2D eigenvalue weighted by Crippen LogP contribution is -2.32. The van der Waals surface area contributed by atoms with E-state index in [1.54, 1.807) is 32.4 Å². The number of thiocarbonyl (C=S) groups is 1. The molecule has 0 amide bonds. The maximum absolute atomic E-state index is 5.99. The summed E-state index contributed by atoms with van der Waals surface area (Å²) in [6.07, 6.45) is 0. The number of benzene rings is 2. The number of hydrogen-bond acceptors (Lipinski definition) is 4. The van der Waals surface area contributed by atoms with Crippen LogP contribution < -0.4 is 24.8 Å². The predicted octanol–water partition coefficient (Wildman–Crippen LogP) is 3.72. The summed E-state index contributed by atoms with van der Waals surface area (Å²) in [4.78, 5) is 0. The van der Waals surface area contributed by atoms with E-state index in [2.05, 4.69) is 10.6 Å². The Bertz CT molecular complexity index is 697. The Kier molecular flexibility index (Phi) is 6.96. The van der Waals surface area contributed by atoms with Gasteiger partial charge in [0.2, 0.25) is 0 Å². The molecule has 2 aromatic rings. The van der Waals surface area contributed by atoms with Crippen molar-refractivity contribution in [2.45, 2.75) is 0 Å². The van der Waals surface area contributed by atoms with Gasteiger partial charge in [-0.3, -0.25) is 0 Å². The lowest BCUT2D eigenvalue weighted by molar-refractivity contribution is 0.298. The molecule has 0 spiro atoms. The highest BCUT2D eigenvalue weighted by Crippen LogP contribution is 2.27. The molecule has 7 heteroatoms. The van der Waals surface area contributed by atoms with Crippen molar-refractivity contribution in [2.24, 2.45) is 0 Å². The second-order valence-corrected chi connectivity index (χ2v) is 5.57. The Hall–Kier alpha value is -2.18. The highest BCUT2D eigenvalue weighted by Gasteiger charge is 2.06. The first-order valence-corrected chi connectivity index (χ1v) is 8.07. The van der Waals surface area contributed by atoms with Gasteiger partial charge >= 0.3 is 0 Å². The van der Waals surface area contributed by atoms with Crippen LogP contribution in [-0.4, -0.2) is 32.5 Å². The Labute approximate surface area is 151 Å². The van der Waals surface area contributed by atoms with E-state index < -0.39 is 0 Å². The lowest BCUT2D eigenvalue weighted by Gasteiger charge is -2.14. The Morgan fingerprint density at radius 2 is 1.75 bits per heavy atom. The van der Waals surface area contributed by atoms with Gasteiger partial charge in [0.25, 0.3) is 0 Å². The van der Waals surface area contributed by atoms with Gasteiger partial charge in [0, 0.05) is 5.02 Å². The number of rotatable bonds is 7. The van der Waals surface area contributed by atoms with E-state index in [-0.39, 0.29) is 0 Å². The van der Waals surface area contributed by atoms with Gasteiger partial charge in [-0.05, 0) is 42.5 Å². The number of nitrogens with one attached hydrogen (secondary N) is 2. The number of anilines is 1. The molecule has 0 atom stereocenters. The summed E-state index contributed by atoms with van der Waals surface area (Å²) in [6.45, 7) is 0.974. The Morgan fingerprint density at radius 1 is 1.04 bits per heavy atom. The zero-order chi connectivity index (χ0) is 17.4. The van der Waals surface area contributed by atoms with E-state index in [1.807, 2.05) is 24.3 Å². The zero-order valence-corrected chi connectivity index (χ0v) is 15.0. The molecule has 128 valence electrons. The maximum Gasteiger partial charge on any atom is 0.170 e. The zero-order valence-electron chi connectivity index (χ0n) is 13.5. The van der Waals surface area contributed by atoms with Crippen molar-refractivity contribution in [3.05, 3.63) is 47.5 Å². The molecule has 0 fully saturated rings. The first-order valence-electron chi connectivity index (χ1n) is 7.28. The molecule has 0 unspecified atom stereocenters. The molecule has 5 nitrogen and oxygen atoms in total. The van der Waals surface area contributed by atoms with Crippen molar-refractivity contribution < 1.29 is 14.2 Å². The van der Waals surface area contributed by atoms with Crippen LogP contribution in [-0.2, 0) is 0 Å². The molecule has 2 aromatic carbocycles. The monoisotopic (exact) mass is 366 g/mol. The van der Waals surface area contributed by atoms with Crippen LogP contribution in [0, 0.1) is 0 Å². The minimum atomic E-state index is 0.439. The fourth-order valence-corrected chi connectivity index (χ4v) is 2.39. The van der Waals surface area contributed by atoms with E-state index >= 15 is 0 Å². The smallest absolute Gasteiger partial charge is 0.170 e. The summed E-state index contributed by atoms with van der Waals surface area (Å²) in [5, 5.41) is 7.18. The predicted molar refractivity (Wildman–Crippen MR) is 101 cm³/mol. The summed E-state index contributed by atoms with van der Waals surface area (Å²) in [7, 11) is 3.20. The molecule has 0 aliphatic carbocycles. The lowest BCUT2D eigenvalue weighted by atomic mass is 10.3. The summed E-state index contributed by atoms with van der Waals surface area (Å²) >= 11 is 11.3. The average molecular weight is 367 g/mol. The molecular weight excluding hydrogens is 348 g/mol. The molecule has 0 aromatic heterocycles. The van der Waals surface area contributed by atoms with Gasteiger partial charge in [-0.15, -0.1) is 0 Å². The van der Waals surface area contributed by atoms with Crippen LogP contribution in [0.15, 0.2) is 42.5 Å². The van der Waals surface area contributed by atoms with Crippen molar-refractivity contribution in [3.8, 4) is 17.2 Å².